The summed E-state index contributed by atoms with van der Waals surface area (Å²) in [5.74, 6) is 0. The van der Waals surface area contributed by atoms with Gasteiger partial charge in [0.25, 0.3) is 0 Å². The average molecular weight is 287 g/mol. The topological polar surface area (TPSA) is 49.6 Å². The monoisotopic (exact) mass is 287 g/mol. The molecule has 0 saturated heterocycles. The molecule has 0 aliphatic carbocycles. The Labute approximate surface area is 121 Å². The summed E-state index contributed by atoms with van der Waals surface area (Å²) >= 11 is 1.70. The standard InChI is InChI=1S/C15H17N3OS/c1-10-8-18-14(11(2)17-15(18)20-10)7-16-13-6-4-3-5-12(13)9-19/h3-6,8,16,19H,7,9H2,1-2H3. The summed E-state index contributed by atoms with van der Waals surface area (Å²) in [6, 6.07) is 7.81. The van der Waals surface area contributed by atoms with E-state index >= 15 is 0 Å². The Balaban J connectivity index is 1.88. The number of aliphatic hydroxyl groups excluding tert-OH is 1. The number of anilines is 1. The number of aryl methyl sites for hydroxylation is 2. The summed E-state index contributed by atoms with van der Waals surface area (Å²) in [5, 5.41) is 12.7. The molecule has 0 atom stereocenters. The first-order chi connectivity index (χ1) is 9.69. The molecule has 4 nitrogen and oxygen atoms in total. The number of fused-ring (bicyclic) bond motifs is 1. The van der Waals surface area contributed by atoms with E-state index < -0.39 is 0 Å². The quantitative estimate of drug-likeness (QED) is 0.775. The van der Waals surface area contributed by atoms with E-state index in [2.05, 4.69) is 27.8 Å². The summed E-state index contributed by atoms with van der Waals surface area (Å²) < 4.78 is 2.14. The number of aliphatic hydroxyl groups is 1. The van der Waals surface area contributed by atoms with Gasteiger partial charge < -0.3 is 10.4 Å². The molecule has 3 rings (SSSR count). The maximum absolute atomic E-state index is 9.35. The first-order valence-corrected chi connectivity index (χ1v) is 7.37. The van der Waals surface area contributed by atoms with Crippen LogP contribution < -0.4 is 5.32 Å². The van der Waals surface area contributed by atoms with Crippen LogP contribution >= 0.6 is 11.3 Å². The Morgan fingerprint density at radius 2 is 2.10 bits per heavy atom. The second-order valence-corrected chi connectivity index (χ2v) is 6.02. The number of nitrogens with zero attached hydrogens (tertiary/aromatic N) is 2. The van der Waals surface area contributed by atoms with Crippen molar-refractivity contribution in [2.75, 3.05) is 5.32 Å². The van der Waals surface area contributed by atoms with Gasteiger partial charge in [0.15, 0.2) is 4.96 Å². The minimum Gasteiger partial charge on any atom is -0.392 e. The van der Waals surface area contributed by atoms with Crippen molar-refractivity contribution < 1.29 is 5.11 Å². The zero-order valence-electron chi connectivity index (χ0n) is 11.6. The minimum atomic E-state index is 0.0432. The van der Waals surface area contributed by atoms with Gasteiger partial charge in [0.05, 0.1) is 24.5 Å². The Hall–Kier alpha value is -1.85. The number of hydrogen-bond donors (Lipinski definition) is 2. The molecule has 3 aromatic rings. The van der Waals surface area contributed by atoms with Gasteiger partial charge in [-0.2, -0.15) is 0 Å². The minimum absolute atomic E-state index is 0.0432. The highest BCUT2D eigenvalue weighted by Crippen LogP contribution is 2.22. The fraction of sp³-hybridized carbons (Fsp3) is 0.267. The number of benzene rings is 1. The molecule has 20 heavy (non-hydrogen) atoms. The van der Waals surface area contributed by atoms with Gasteiger partial charge in [-0.05, 0) is 19.9 Å². The lowest BCUT2D eigenvalue weighted by Crippen LogP contribution is -2.05. The third-order valence-corrected chi connectivity index (χ3v) is 4.27. The molecule has 0 bridgehead atoms. The third kappa shape index (κ3) is 2.30. The van der Waals surface area contributed by atoms with Crippen molar-refractivity contribution in [1.82, 2.24) is 9.38 Å². The smallest absolute Gasteiger partial charge is 0.194 e. The number of aromatic nitrogens is 2. The Morgan fingerprint density at radius 3 is 2.90 bits per heavy atom. The molecule has 0 aliphatic rings. The normalized spacial score (nSPS) is 11.2. The molecule has 2 aromatic heterocycles. The SMILES string of the molecule is Cc1cn2c(CNc3ccccc3CO)c(C)nc2s1. The number of para-hydroxylation sites is 1. The van der Waals surface area contributed by atoms with Gasteiger partial charge >= 0.3 is 0 Å². The van der Waals surface area contributed by atoms with Crippen LogP contribution in [0.4, 0.5) is 5.69 Å². The van der Waals surface area contributed by atoms with Crippen LogP contribution in [0.3, 0.4) is 0 Å². The number of thiazole rings is 1. The number of imidazole rings is 1. The van der Waals surface area contributed by atoms with Crippen molar-refractivity contribution in [3.8, 4) is 0 Å². The average Bonchev–Trinajstić information content (AvgIpc) is 2.92. The Bertz CT molecular complexity index is 745. The van der Waals surface area contributed by atoms with Gasteiger partial charge in [-0.1, -0.05) is 18.2 Å². The molecular formula is C15H17N3OS. The molecule has 0 unspecified atom stereocenters. The van der Waals surface area contributed by atoms with Crippen molar-refractivity contribution in [2.24, 2.45) is 0 Å². The van der Waals surface area contributed by atoms with Gasteiger partial charge in [-0.15, -0.1) is 11.3 Å². The second-order valence-electron chi connectivity index (χ2n) is 4.81. The summed E-state index contributed by atoms with van der Waals surface area (Å²) in [6.45, 7) is 4.86. The summed E-state index contributed by atoms with van der Waals surface area (Å²) in [6.07, 6.45) is 2.12. The van der Waals surface area contributed by atoms with Crippen LogP contribution in [0.25, 0.3) is 4.96 Å². The van der Waals surface area contributed by atoms with Crippen LogP contribution in [0.5, 0.6) is 0 Å². The molecule has 0 amide bonds. The number of nitrogens with one attached hydrogen (secondary N) is 1. The van der Waals surface area contributed by atoms with E-state index in [1.165, 1.54) is 4.88 Å². The molecule has 104 valence electrons. The van der Waals surface area contributed by atoms with E-state index in [0.717, 1.165) is 27.6 Å². The van der Waals surface area contributed by atoms with Crippen LogP contribution in [0.2, 0.25) is 0 Å². The van der Waals surface area contributed by atoms with Crippen molar-refractivity contribution in [3.63, 3.8) is 0 Å². The Morgan fingerprint density at radius 1 is 1.30 bits per heavy atom. The van der Waals surface area contributed by atoms with Gasteiger partial charge in [-0.3, -0.25) is 4.40 Å². The lowest BCUT2D eigenvalue weighted by Gasteiger charge is -2.10. The van der Waals surface area contributed by atoms with Crippen LogP contribution in [-0.2, 0) is 13.2 Å². The van der Waals surface area contributed by atoms with Crippen LogP contribution in [0.15, 0.2) is 30.5 Å². The molecule has 0 fully saturated rings. The predicted molar refractivity (Wildman–Crippen MR) is 82.2 cm³/mol. The molecule has 0 spiro atoms. The van der Waals surface area contributed by atoms with Crippen molar-refractivity contribution in [3.05, 3.63) is 52.3 Å². The van der Waals surface area contributed by atoms with E-state index in [1.54, 1.807) is 11.3 Å². The Kier molecular flexibility index (Phi) is 3.46. The van der Waals surface area contributed by atoms with Gasteiger partial charge in [0.2, 0.25) is 0 Å². The predicted octanol–water partition coefficient (Wildman–Crippen LogP) is 3.12. The second kappa shape index (κ2) is 5.26. The maximum atomic E-state index is 9.35. The highest BCUT2D eigenvalue weighted by Gasteiger charge is 2.11. The zero-order chi connectivity index (χ0) is 14.1. The van der Waals surface area contributed by atoms with Crippen LogP contribution in [0, 0.1) is 13.8 Å². The lowest BCUT2D eigenvalue weighted by molar-refractivity contribution is 0.282. The van der Waals surface area contributed by atoms with E-state index in [4.69, 9.17) is 0 Å². The first kappa shape index (κ1) is 13.1. The molecule has 0 aliphatic heterocycles. The van der Waals surface area contributed by atoms with Crippen molar-refractivity contribution in [1.29, 1.82) is 0 Å². The largest absolute Gasteiger partial charge is 0.392 e. The van der Waals surface area contributed by atoms with Gasteiger partial charge in [-0.25, -0.2) is 4.98 Å². The summed E-state index contributed by atoms with van der Waals surface area (Å²) in [4.78, 5) is 6.87. The zero-order valence-corrected chi connectivity index (χ0v) is 12.4. The van der Waals surface area contributed by atoms with Crippen molar-refractivity contribution in [2.45, 2.75) is 27.0 Å². The van der Waals surface area contributed by atoms with Crippen LogP contribution in [-0.4, -0.2) is 14.5 Å². The lowest BCUT2D eigenvalue weighted by atomic mass is 10.2. The first-order valence-electron chi connectivity index (χ1n) is 6.55. The molecule has 5 heteroatoms. The summed E-state index contributed by atoms with van der Waals surface area (Å²) in [5.41, 5.74) is 4.09. The van der Waals surface area contributed by atoms with Gasteiger partial charge in [0, 0.05) is 22.3 Å². The fourth-order valence-corrected chi connectivity index (χ4v) is 3.22. The molecular weight excluding hydrogens is 270 g/mol. The fourth-order valence-electron chi connectivity index (χ4n) is 2.33. The molecule has 2 N–H and O–H groups in total. The van der Waals surface area contributed by atoms with Gasteiger partial charge in [0.1, 0.15) is 0 Å². The van der Waals surface area contributed by atoms with E-state index in [1.807, 2.05) is 31.2 Å². The third-order valence-electron chi connectivity index (χ3n) is 3.38. The van der Waals surface area contributed by atoms with E-state index in [-0.39, 0.29) is 6.61 Å². The number of rotatable bonds is 4. The molecule has 0 radical (unpaired) electrons. The van der Waals surface area contributed by atoms with E-state index in [0.29, 0.717) is 6.54 Å². The van der Waals surface area contributed by atoms with E-state index in [9.17, 15) is 5.11 Å². The maximum Gasteiger partial charge on any atom is 0.194 e. The molecule has 2 heterocycles. The van der Waals surface area contributed by atoms with Crippen molar-refractivity contribution >= 4 is 22.0 Å². The molecule has 0 saturated carbocycles. The molecule has 1 aromatic carbocycles. The van der Waals surface area contributed by atoms with Crippen LogP contribution in [0.1, 0.15) is 21.8 Å². The highest BCUT2D eigenvalue weighted by molar-refractivity contribution is 7.17. The number of hydrogen-bond acceptors (Lipinski definition) is 4. The highest BCUT2D eigenvalue weighted by atomic mass is 32.1. The summed E-state index contributed by atoms with van der Waals surface area (Å²) in [7, 11) is 0.